The molecule has 1 aliphatic heterocycles. The zero-order valence-electron chi connectivity index (χ0n) is 16.2. The molecule has 1 fully saturated rings. The average molecular weight is 383 g/mol. The van der Waals surface area contributed by atoms with E-state index < -0.39 is 0 Å². The van der Waals surface area contributed by atoms with Gasteiger partial charge in [-0.15, -0.1) is 0 Å². The van der Waals surface area contributed by atoms with Gasteiger partial charge in [-0.2, -0.15) is 0 Å². The van der Waals surface area contributed by atoms with Crippen molar-refractivity contribution in [3.05, 3.63) is 67.4 Å². The standard InChI is InChI=1S/C23H21N5O/c1-3-21(29)27-9-8-18(12-27)28-13-19(22-15(2)25-14-26-23(22)28)17-10-16-6-4-5-7-20(16)24-11-17/h3-7,10-11,13-14,18H,1,8-9,12H2,2H3/t18-/m1/s1. The highest BCUT2D eigenvalue weighted by molar-refractivity contribution is 5.97. The van der Waals surface area contributed by atoms with Crippen LogP contribution in [0.2, 0.25) is 0 Å². The smallest absolute Gasteiger partial charge is 0.246 e. The summed E-state index contributed by atoms with van der Waals surface area (Å²) in [4.78, 5) is 27.5. The highest BCUT2D eigenvalue weighted by atomic mass is 16.2. The second-order valence-electron chi connectivity index (χ2n) is 7.46. The van der Waals surface area contributed by atoms with E-state index in [1.807, 2.05) is 36.2 Å². The van der Waals surface area contributed by atoms with Crippen molar-refractivity contribution < 1.29 is 4.79 Å². The van der Waals surface area contributed by atoms with Gasteiger partial charge in [0, 0.05) is 47.4 Å². The fraction of sp³-hybridized carbons (Fsp3) is 0.217. The number of pyridine rings is 1. The third-order valence-corrected chi connectivity index (χ3v) is 5.74. The molecule has 144 valence electrons. The quantitative estimate of drug-likeness (QED) is 0.503. The molecule has 1 aliphatic rings. The van der Waals surface area contributed by atoms with Gasteiger partial charge in [0.05, 0.1) is 17.3 Å². The Morgan fingerprint density at radius 3 is 2.97 bits per heavy atom. The van der Waals surface area contributed by atoms with Crippen LogP contribution in [0.1, 0.15) is 18.2 Å². The van der Waals surface area contributed by atoms with Gasteiger partial charge in [-0.05, 0) is 31.6 Å². The predicted octanol–water partition coefficient (Wildman–Crippen LogP) is 3.91. The van der Waals surface area contributed by atoms with Crippen molar-refractivity contribution in [2.45, 2.75) is 19.4 Å². The Hall–Kier alpha value is -3.54. The number of hydrogen-bond acceptors (Lipinski definition) is 4. The molecule has 3 aromatic heterocycles. The lowest BCUT2D eigenvalue weighted by Gasteiger charge is -2.15. The number of likely N-dealkylation sites (tertiary alicyclic amines) is 1. The first-order valence-electron chi connectivity index (χ1n) is 9.74. The van der Waals surface area contributed by atoms with E-state index in [9.17, 15) is 4.79 Å². The predicted molar refractivity (Wildman–Crippen MR) is 113 cm³/mol. The van der Waals surface area contributed by atoms with E-state index in [1.165, 1.54) is 6.08 Å². The van der Waals surface area contributed by atoms with Gasteiger partial charge in [0.1, 0.15) is 12.0 Å². The first-order valence-corrected chi connectivity index (χ1v) is 9.74. The second-order valence-corrected chi connectivity index (χ2v) is 7.46. The topological polar surface area (TPSA) is 63.9 Å². The van der Waals surface area contributed by atoms with Crippen LogP contribution in [0.15, 0.2) is 61.7 Å². The summed E-state index contributed by atoms with van der Waals surface area (Å²) in [5.41, 5.74) is 4.93. The first-order chi connectivity index (χ1) is 14.2. The summed E-state index contributed by atoms with van der Waals surface area (Å²) in [5.74, 6) is -0.0197. The Kier molecular flexibility index (Phi) is 4.12. The van der Waals surface area contributed by atoms with Gasteiger partial charge < -0.3 is 9.47 Å². The van der Waals surface area contributed by atoms with Crippen LogP contribution in [0.4, 0.5) is 0 Å². The van der Waals surface area contributed by atoms with Gasteiger partial charge in [0.15, 0.2) is 0 Å². The molecular weight excluding hydrogens is 362 g/mol. The lowest BCUT2D eigenvalue weighted by molar-refractivity contribution is -0.125. The van der Waals surface area contributed by atoms with E-state index in [4.69, 9.17) is 0 Å². The summed E-state index contributed by atoms with van der Waals surface area (Å²) in [7, 11) is 0. The Morgan fingerprint density at radius 2 is 2.10 bits per heavy atom. The minimum Gasteiger partial charge on any atom is -0.337 e. The van der Waals surface area contributed by atoms with E-state index in [2.05, 4.69) is 44.4 Å². The summed E-state index contributed by atoms with van der Waals surface area (Å²) in [6, 6.07) is 10.4. The number of rotatable bonds is 3. The maximum atomic E-state index is 12.0. The molecule has 1 amide bonds. The molecule has 4 aromatic rings. The Balaban J connectivity index is 1.65. The number of carbonyl (C=O) groups is 1. The molecule has 1 saturated heterocycles. The number of aryl methyl sites for hydroxylation is 1. The lowest BCUT2D eigenvalue weighted by atomic mass is 10.0. The molecule has 6 nitrogen and oxygen atoms in total. The van der Waals surface area contributed by atoms with Crippen LogP contribution in [0.25, 0.3) is 33.1 Å². The number of fused-ring (bicyclic) bond motifs is 2. The van der Waals surface area contributed by atoms with Crippen molar-refractivity contribution >= 4 is 27.8 Å². The van der Waals surface area contributed by atoms with Crippen LogP contribution in [0.3, 0.4) is 0 Å². The van der Waals surface area contributed by atoms with E-state index in [1.54, 1.807) is 6.33 Å². The van der Waals surface area contributed by atoms with E-state index in [0.717, 1.165) is 51.7 Å². The van der Waals surface area contributed by atoms with Crippen molar-refractivity contribution in [3.8, 4) is 11.1 Å². The minimum atomic E-state index is -0.0197. The lowest BCUT2D eigenvalue weighted by Crippen LogP contribution is -2.27. The van der Waals surface area contributed by atoms with Gasteiger partial charge in [-0.25, -0.2) is 9.97 Å². The number of aromatic nitrogens is 4. The van der Waals surface area contributed by atoms with Crippen molar-refractivity contribution in [2.75, 3.05) is 13.1 Å². The minimum absolute atomic E-state index is 0.0197. The van der Waals surface area contributed by atoms with Gasteiger partial charge in [0.2, 0.25) is 5.91 Å². The highest BCUT2D eigenvalue weighted by Gasteiger charge is 2.28. The van der Waals surface area contributed by atoms with Crippen LogP contribution in [-0.2, 0) is 4.79 Å². The van der Waals surface area contributed by atoms with E-state index in [-0.39, 0.29) is 11.9 Å². The molecule has 6 heteroatoms. The third-order valence-electron chi connectivity index (χ3n) is 5.74. The van der Waals surface area contributed by atoms with Crippen molar-refractivity contribution in [1.82, 2.24) is 24.4 Å². The zero-order chi connectivity index (χ0) is 20.0. The van der Waals surface area contributed by atoms with Crippen LogP contribution in [0.5, 0.6) is 0 Å². The third kappa shape index (κ3) is 2.88. The zero-order valence-corrected chi connectivity index (χ0v) is 16.2. The van der Waals surface area contributed by atoms with Crippen molar-refractivity contribution in [2.24, 2.45) is 0 Å². The summed E-state index contributed by atoms with van der Waals surface area (Å²) < 4.78 is 2.20. The van der Waals surface area contributed by atoms with Crippen molar-refractivity contribution in [1.29, 1.82) is 0 Å². The molecule has 0 spiro atoms. The van der Waals surface area contributed by atoms with Crippen LogP contribution < -0.4 is 0 Å². The Bertz CT molecular complexity index is 1260. The van der Waals surface area contributed by atoms with Crippen LogP contribution in [0, 0.1) is 6.92 Å². The van der Waals surface area contributed by atoms with Crippen LogP contribution >= 0.6 is 0 Å². The normalized spacial score (nSPS) is 16.6. The Labute approximate surface area is 168 Å². The maximum Gasteiger partial charge on any atom is 0.246 e. The molecule has 5 rings (SSSR count). The summed E-state index contributed by atoms with van der Waals surface area (Å²) >= 11 is 0. The van der Waals surface area contributed by atoms with Crippen LogP contribution in [-0.4, -0.2) is 43.4 Å². The number of benzene rings is 1. The summed E-state index contributed by atoms with van der Waals surface area (Å²) in [6.45, 7) is 7.00. The maximum absolute atomic E-state index is 12.0. The van der Waals surface area contributed by atoms with E-state index in [0.29, 0.717) is 6.54 Å². The number of nitrogens with zero attached hydrogens (tertiary/aromatic N) is 5. The molecule has 0 radical (unpaired) electrons. The monoisotopic (exact) mass is 383 g/mol. The highest BCUT2D eigenvalue weighted by Crippen LogP contribution is 2.35. The van der Waals surface area contributed by atoms with E-state index >= 15 is 0 Å². The van der Waals surface area contributed by atoms with Crippen molar-refractivity contribution in [3.63, 3.8) is 0 Å². The molecule has 0 aliphatic carbocycles. The van der Waals surface area contributed by atoms with Gasteiger partial charge in [-0.3, -0.25) is 9.78 Å². The molecule has 29 heavy (non-hydrogen) atoms. The molecule has 0 N–H and O–H groups in total. The summed E-state index contributed by atoms with van der Waals surface area (Å²) in [6.07, 6.45) is 7.94. The fourth-order valence-corrected chi connectivity index (χ4v) is 4.25. The largest absolute Gasteiger partial charge is 0.337 e. The fourth-order valence-electron chi connectivity index (χ4n) is 4.25. The molecule has 0 unspecified atom stereocenters. The summed E-state index contributed by atoms with van der Waals surface area (Å²) in [5, 5.41) is 2.14. The molecule has 0 saturated carbocycles. The molecule has 1 atom stereocenters. The SMILES string of the molecule is C=CC(=O)N1CC[C@@H](n2cc(-c3cnc4ccccc4c3)c3c(C)ncnc32)C1. The molecule has 4 heterocycles. The number of amides is 1. The molecule has 0 bridgehead atoms. The van der Waals surface area contributed by atoms with Gasteiger partial charge in [0.25, 0.3) is 0 Å². The first kappa shape index (κ1) is 17.6. The number of carbonyl (C=O) groups excluding carboxylic acids is 1. The van der Waals surface area contributed by atoms with Gasteiger partial charge in [-0.1, -0.05) is 24.8 Å². The van der Waals surface area contributed by atoms with Gasteiger partial charge >= 0.3 is 0 Å². The molecular formula is C23H21N5O. The molecule has 1 aromatic carbocycles. The number of para-hydroxylation sites is 1. The Morgan fingerprint density at radius 1 is 1.24 bits per heavy atom. The average Bonchev–Trinajstić information content (AvgIpc) is 3.38. The second kappa shape index (κ2) is 6.81. The number of hydrogen-bond donors (Lipinski definition) is 0.